The van der Waals surface area contributed by atoms with Crippen LogP contribution in [0.15, 0.2) is 35.1 Å². The van der Waals surface area contributed by atoms with Crippen LogP contribution in [0.1, 0.15) is 23.2 Å². The topological polar surface area (TPSA) is 82.8 Å². The third-order valence-electron chi connectivity index (χ3n) is 4.66. The summed E-state index contributed by atoms with van der Waals surface area (Å²) in [4.78, 5) is 26.6. The molecule has 0 radical (unpaired) electrons. The second-order valence-electron chi connectivity index (χ2n) is 6.15. The molecule has 1 aliphatic heterocycles. The number of hydrogen-bond donors (Lipinski definition) is 2. The number of amides is 1. The number of hydrogen-bond acceptors (Lipinski definition) is 4. The summed E-state index contributed by atoms with van der Waals surface area (Å²) >= 11 is 0. The van der Waals surface area contributed by atoms with Crippen molar-refractivity contribution < 1.29 is 15.0 Å². The van der Waals surface area contributed by atoms with Gasteiger partial charge in [-0.1, -0.05) is 18.2 Å². The zero-order valence-electron chi connectivity index (χ0n) is 13.0. The lowest BCUT2D eigenvalue weighted by Gasteiger charge is -2.37. The van der Waals surface area contributed by atoms with Crippen molar-refractivity contribution in [2.24, 2.45) is 7.05 Å². The van der Waals surface area contributed by atoms with Crippen LogP contribution in [0.2, 0.25) is 0 Å². The molecule has 2 N–H and O–H groups in total. The van der Waals surface area contributed by atoms with Gasteiger partial charge in [-0.15, -0.1) is 0 Å². The lowest BCUT2D eigenvalue weighted by atomic mass is 9.92. The summed E-state index contributed by atoms with van der Waals surface area (Å²) in [5.41, 5.74) is -0.229. The summed E-state index contributed by atoms with van der Waals surface area (Å²) in [5, 5.41) is 20.0. The van der Waals surface area contributed by atoms with E-state index in [2.05, 4.69) is 0 Å². The van der Waals surface area contributed by atoms with E-state index in [9.17, 15) is 19.8 Å². The van der Waals surface area contributed by atoms with Crippen LogP contribution < -0.4 is 5.56 Å². The highest BCUT2D eigenvalue weighted by atomic mass is 16.3. The Kier molecular flexibility index (Phi) is 3.95. The van der Waals surface area contributed by atoms with Crippen LogP contribution in [0, 0.1) is 0 Å². The van der Waals surface area contributed by atoms with Crippen molar-refractivity contribution in [3.05, 3.63) is 46.2 Å². The number of rotatable bonds is 2. The van der Waals surface area contributed by atoms with Crippen LogP contribution in [0.4, 0.5) is 0 Å². The molecule has 1 aliphatic rings. The van der Waals surface area contributed by atoms with E-state index in [1.54, 1.807) is 11.9 Å². The molecule has 1 aromatic carbocycles. The molecular formula is C17H20N2O4. The summed E-state index contributed by atoms with van der Waals surface area (Å²) in [6, 6.07) is 8.68. The summed E-state index contributed by atoms with van der Waals surface area (Å²) < 4.78 is 1.52. The fourth-order valence-corrected chi connectivity index (χ4v) is 3.04. The number of carbonyl (C=O) groups excluding carboxylic acids is 1. The van der Waals surface area contributed by atoms with Gasteiger partial charge in [0.25, 0.3) is 11.5 Å². The molecule has 1 fully saturated rings. The van der Waals surface area contributed by atoms with Crippen molar-refractivity contribution in [3.63, 3.8) is 0 Å². The number of para-hydroxylation sites is 1. The molecule has 6 nitrogen and oxygen atoms in total. The van der Waals surface area contributed by atoms with E-state index in [-0.39, 0.29) is 18.1 Å². The molecule has 122 valence electrons. The van der Waals surface area contributed by atoms with Crippen LogP contribution in [-0.2, 0) is 7.05 Å². The standard InChI is InChI=1S/C17H20N2O4/c1-18-14-5-3-2-4-12(14)13(10-15(18)21)16(22)19-8-6-17(23,11-20)7-9-19/h2-5,10,20,23H,6-9,11H2,1H3. The number of fused-ring (bicyclic) bond motifs is 1. The molecule has 2 heterocycles. The van der Waals surface area contributed by atoms with E-state index in [0.29, 0.717) is 37.0 Å². The number of piperidine rings is 1. The predicted molar refractivity (Wildman–Crippen MR) is 86.4 cm³/mol. The number of benzene rings is 1. The number of carbonyl (C=O) groups is 1. The molecule has 2 aromatic rings. The minimum atomic E-state index is -1.11. The quantitative estimate of drug-likeness (QED) is 0.845. The number of aryl methyl sites for hydroxylation is 1. The van der Waals surface area contributed by atoms with Gasteiger partial charge in [0, 0.05) is 31.6 Å². The summed E-state index contributed by atoms with van der Waals surface area (Å²) in [6.45, 7) is 0.419. The average Bonchev–Trinajstić information content (AvgIpc) is 2.58. The van der Waals surface area contributed by atoms with Gasteiger partial charge in [-0.05, 0) is 18.9 Å². The molecule has 23 heavy (non-hydrogen) atoms. The van der Waals surface area contributed by atoms with E-state index in [0.717, 1.165) is 5.39 Å². The Morgan fingerprint density at radius 1 is 1.26 bits per heavy atom. The van der Waals surface area contributed by atoms with Gasteiger partial charge in [0.05, 0.1) is 23.3 Å². The van der Waals surface area contributed by atoms with Gasteiger partial charge in [-0.3, -0.25) is 9.59 Å². The summed E-state index contributed by atoms with van der Waals surface area (Å²) in [5.74, 6) is -0.209. The van der Waals surface area contributed by atoms with Crippen LogP contribution >= 0.6 is 0 Å². The van der Waals surface area contributed by atoms with Crippen molar-refractivity contribution in [1.29, 1.82) is 0 Å². The van der Waals surface area contributed by atoms with Crippen LogP contribution in [0.25, 0.3) is 10.9 Å². The first kappa shape index (κ1) is 15.7. The van der Waals surface area contributed by atoms with E-state index in [1.165, 1.54) is 10.6 Å². The Morgan fingerprint density at radius 2 is 1.91 bits per heavy atom. The Hall–Kier alpha value is -2.18. The maximum absolute atomic E-state index is 12.8. The Morgan fingerprint density at radius 3 is 2.57 bits per heavy atom. The Labute approximate surface area is 133 Å². The fourth-order valence-electron chi connectivity index (χ4n) is 3.04. The molecular weight excluding hydrogens is 296 g/mol. The first-order valence-corrected chi connectivity index (χ1v) is 7.66. The SMILES string of the molecule is Cn1c(=O)cc(C(=O)N2CCC(O)(CO)CC2)c2ccccc21. The number of aromatic nitrogens is 1. The molecule has 0 aliphatic carbocycles. The largest absolute Gasteiger partial charge is 0.393 e. The number of aliphatic hydroxyl groups is 2. The van der Waals surface area contributed by atoms with Crippen LogP contribution in [0.3, 0.4) is 0 Å². The first-order valence-electron chi connectivity index (χ1n) is 7.66. The minimum Gasteiger partial charge on any atom is -0.393 e. The zero-order valence-corrected chi connectivity index (χ0v) is 13.0. The highest BCUT2D eigenvalue weighted by Crippen LogP contribution is 2.24. The summed E-state index contributed by atoms with van der Waals surface area (Å²) in [6.07, 6.45) is 0.663. The van der Waals surface area contributed by atoms with Crippen molar-refractivity contribution in [3.8, 4) is 0 Å². The van der Waals surface area contributed by atoms with Crippen molar-refractivity contribution in [2.45, 2.75) is 18.4 Å². The van der Waals surface area contributed by atoms with Gasteiger partial charge in [0.15, 0.2) is 0 Å². The Balaban J connectivity index is 1.97. The van der Waals surface area contributed by atoms with Gasteiger partial charge in [0.2, 0.25) is 0 Å². The number of likely N-dealkylation sites (tertiary alicyclic amines) is 1. The molecule has 0 unspecified atom stereocenters. The maximum atomic E-state index is 12.8. The van der Waals surface area contributed by atoms with Gasteiger partial charge < -0.3 is 19.7 Å². The predicted octanol–water partition coefficient (Wildman–Crippen LogP) is 0.498. The zero-order chi connectivity index (χ0) is 16.6. The normalized spacial score (nSPS) is 17.4. The highest BCUT2D eigenvalue weighted by Gasteiger charge is 2.34. The molecule has 0 bridgehead atoms. The monoisotopic (exact) mass is 316 g/mol. The van der Waals surface area contributed by atoms with E-state index in [1.807, 2.05) is 24.3 Å². The third kappa shape index (κ3) is 2.75. The molecule has 0 spiro atoms. The fraction of sp³-hybridized carbons (Fsp3) is 0.412. The van der Waals surface area contributed by atoms with Gasteiger partial charge in [-0.25, -0.2) is 0 Å². The van der Waals surface area contributed by atoms with Crippen molar-refractivity contribution in [1.82, 2.24) is 9.47 Å². The lowest BCUT2D eigenvalue weighted by molar-refractivity contribution is -0.0546. The molecule has 1 amide bonds. The van der Waals surface area contributed by atoms with Crippen molar-refractivity contribution in [2.75, 3.05) is 19.7 Å². The number of aliphatic hydroxyl groups excluding tert-OH is 1. The minimum absolute atomic E-state index is 0.209. The van der Waals surface area contributed by atoms with E-state index in [4.69, 9.17) is 0 Å². The van der Waals surface area contributed by atoms with Crippen LogP contribution in [0.5, 0.6) is 0 Å². The molecule has 0 atom stereocenters. The second-order valence-corrected chi connectivity index (χ2v) is 6.15. The second kappa shape index (κ2) is 5.79. The maximum Gasteiger partial charge on any atom is 0.254 e. The lowest BCUT2D eigenvalue weighted by Crippen LogP contribution is -2.48. The smallest absolute Gasteiger partial charge is 0.254 e. The molecule has 1 saturated heterocycles. The number of pyridine rings is 1. The van der Waals surface area contributed by atoms with E-state index >= 15 is 0 Å². The number of nitrogens with zero attached hydrogens (tertiary/aromatic N) is 2. The van der Waals surface area contributed by atoms with Crippen LogP contribution in [-0.4, -0.2) is 50.9 Å². The molecule has 1 aromatic heterocycles. The van der Waals surface area contributed by atoms with Gasteiger partial charge in [0.1, 0.15) is 0 Å². The van der Waals surface area contributed by atoms with Gasteiger partial charge >= 0.3 is 0 Å². The third-order valence-corrected chi connectivity index (χ3v) is 4.66. The molecule has 6 heteroatoms. The molecule has 3 rings (SSSR count). The molecule has 0 saturated carbocycles. The van der Waals surface area contributed by atoms with E-state index < -0.39 is 5.60 Å². The average molecular weight is 316 g/mol. The van der Waals surface area contributed by atoms with Gasteiger partial charge in [-0.2, -0.15) is 0 Å². The summed E-state index contributed by atoms with van der Waals surface area (Å²) in [7, 11) is 1.68. The Bertz CT molecular complexity index is 804. The first-order chi connectivity index (χ1) is 10.9. The van der Waals surface area contributed by atoms with Crippen molar-refractivity contribution >= 4 is 16.8 Å². The highest BCUT2D eigenvalue weighted by molar-refractivity contribution is 6.06.